The summed E-state index contributed by atoms with van der Waals surface area (Å²) in [6.07, 6.45) is 3.20. The lowest BCUT2D eigenvalue weighted by Gasteiger charge is -2.31. The van der Waals surface area contributed by atoms with Crippen molar-refractivity contribution in [2.24, 2.45) is 0 Å². The van der Waals surface area contributed by atoms with Gasteiger partial charge in [0.15, 0.2) is 5.82 Å². The highest BCUT2D eigenvalue weighted by Gasteiger charge is 2.27. The Labute approximate surface area is 148 Å². The summed E-state index contributed by atoms with van der Waals surface area (Å²) < 4.78 is 10.7. The second kappa shape index (κ2) is 8.14. The molecule has 0 radical (unpaired) electrons. The van der Waals surface area contributed by atoms with Crippen LogP contribution in [0.4, 0.5) is 0 Å². The molecule has 6 nitrogen and oxygen atoms in total. The molecular formula is C19H25N3O3. The number of carbonyl (C=O) groups excluding carboxylic acids is 1. The van der Waals surface area contributed by atoms with Gasteiger partial charge in [0.2, 0.25) is 11.8 Å². The van der Waals surface area contributed by atoms with Crippen LogP contribution < -0.4 is 4.74 Å². The van der Waals surface area contributed by atoms with E-state index in [1.165, 1.54) is 5.56 Å². The molecule has 1 amide bonds. The Bertz CT molecular complexity index is 696. The normalized spacial score (nSPS) is 17.5. The lowest BCUT2D eigenvalue weighted by molar-refractivity contribution is -0.132. The molecule has 0 saturated carbocycles. The third-order valence-electron chi connectivity index (χ3n) is 4.51. The highest BCUT2D eigenvalue weighted by atomic mass is 16.5. The highest BCUT2D eigenvalue weighted by Crippen LogP contribution is 2.25. The third kappa shape index (κ3) is 4.81. The maximum absolute atomic E-state index is 12.4. The van der Waals surface area contributed by atoms with Gasteiger partial charge >= 0.3 is 0 Å². The smallest absolute Gasteiger partial charge is 0.223 e. The van der Waals surface area contributed by atoms with E-state index in [1.54, 1.807) is 6.92 Å². The zero-order valence-electron chi connectivity index (χ0n) is 14.9. The molecule has 1 fully saturated rings. The van der Waals surface area contributed by atoms with Gasteiger partial charge in [-0.3, -0.25) is 4.79 Å². The van der Waals surface area contributed by atoms with Gasteiger partial charge in [-0.15, -0.1) is 0 Å². The van der Waals surface area contributed by atoms with Crippen molar-refractivity contribution in [3.05, 3.63) is 41.5 Å². The van der Waals surface area contributed by atoms with Gasteiger partial charge in [-0.05, 0) is 38.3 Å². The summed E-state index contributed by atoms with van der Waals surface area (Å²) in [6, 6.07) is 7.96. The number of likely N-dealkylation sites (tertiary alicyclic amines) is 1. The van der Waals surface area contributed by atoms with Crippen LogP contribution in [0.1, 0.15) is 48.9 Å². The number of hydrogen-bond acceptors (Lipinski definition) is 5. The fraction of sp³-hybridized carbons (Fsp3) is 0.526. The van der Waals surface area contributed by atoms with Crippen LogP contribution in [0.2, 0.25) is 0 Å². The number of hydrogen-bond donors (Lipinski definition) is 0. The number of ether oxygens (including phenoxy) is 1. The van der Waals surface area contributed by atoms with Crippen molar-refractivity contribution < 1.29 is 14.1 Å². The molecule has 1 aliphatic heterocycles. The molecule has 25 heavy (non-hydrogen) atoms. The molecule has 0 unspecified atom stereocenters. The summed E-state index contributed by atoms with van der Waals surface area (Å²) in [7, 11) is 0. The summed E-state index contributed by atoms with van der Waals surface area (Å²) in [5.74, 6) is 2.50. The monoisotopic (exact) mass is 343 g/mol. The first-order valence-corrected chi connectivity index (χ1v) is 8.89. The minimum absolute atomic E-state index is 0.178. The molecule has 0 aliphatic carbocycles. The fourth-order valence-corrected chi connectivity index (χ4v) is 3.10. The van der Waals surface area contributed by atoms with E-state index in [-0.39, 0.29) is 11.8 Å². The summed E-state index contributed by atoms with van der Waals surface area (Å²) in [6.45, 7) is 5.87. The average molecular weight is 343 g/mol. The molecule has 2 aromatic rings. The van der Waals surface area contributed by atoms with Crippen LogP contribution >= 0.6 is 0 Å². The predicted molar refractivity (Wildman–Crippen MR) is 93.5 cm³/mol. The van der Waals surface area contributed by atoms with Crippen molar-refractivity contribution in [2.45, 2.75) is 45.4 Å². The lowest BCUT2D eigenvalue weighted by Crippen LogP contribution is -2.39. The molecule has 1 aliphatic rings. The number of aryl methyl sites for hydroxylation is 2. The van der Waals surface area contributed by atoms with Crippen molar-refractivity contribution in [1.29, 1.82) is 0 Å². The minimum atomic E-state index is 0.178. The molecule has 134 valence electrons. The molecule has 3 rings (SSSR count). The molecule has 0 N–H and O–H groups in total. The molecule has 1 atom stereocenters. The van der Waals surface area contributed by atoms with Gasteiger partial charge in [-0.2, -0.15) is 4.98 Å². The van der Waals surface area contributed by atoms with E-state index in [0.29, 0.717) is 25.5 Å². The van der Waals surface area contributed by atoms with Crippen LogP contribution in [0.3, 0.4) is 0 Å². The average Bonchev–Trinajstić information content (AvgIpc) is 3.07. The van der Waals surface area contributed by atoms with Crippen molar-refractivity contribution in [3.8, 4) is 5.75 Å². The van der Waals surface area contributed by atoms with Gasteiger partial charge in [0.25, 0.3) is 0 Å². The van der Waals surface area contributed by atoms with Crippen LogP contribution in [-0.4, -0.2) is 40.6 Å². The number of rotatable bonds is 6. The van der Waals surface area contributed by atoms with Crippen LogP contribution in [0.5, 0.6) is 5.75 Å². The number of benzene rings is 1. The maximum Gasteiger partial charge on any atom is 0.223 e. The Morgan fingerprint density at radius 3 is 2.84 bits per heavy atom. The summed E-state index contributed by atoms with van der Waals surface area (Å²) in [5.41, 5.74) is 1.21. The van der Waals surface area contributed by atoms with E-state index in [0.717, 1.165) is 37.4 Å². The topological polar surface area (TPSA) is 68.5 Å². The summed E-state index contributed by atoms with van der Waals surface area (Å²) >= 11 is 0. The van der Waals surface area contributed by atoms with E-state index in [1.807, 2.05) is 36.1 Å². The van der Waals surface area contributed by atoms with Crippen LogP contribution in [0, 0.1) is 13.8 Å². The van der Waals surface area contributed by atoms with Crippen molar-refractivity contribution in [3.63, 3.8) is 0 Å². The number of carbonyl (C=O) groups is 1. The zero-order chi connectivity index (χ0) is 17.6. The number of aromatic nitrogens is 2. The second-order valence-corrected chi connectivity index (χ2v) is 6.62. The maximum atomic E-state index is 12.4. The molecule has 0 bridgehead atoms. The minimum Gasteiger partial charge on any atom is -0.494 e. The van der Waals surface area contributed by atoms with E-state index in [4.69, 9.17) is 9.26 Å². The summed E-state index contributed by atoms with van der Waals surface area (Å²) in [5, 5.41) is 4.00. The third-order valence-corrected chi connectivity index (χ3v) is 4.51. The predicted octanol–water partition coefficient (Wildman–Crippen LogP) is 3.25. The van der Waals surface area contributed by atoms with E-state index >= 15 is 0 Å². The van der Waals surface area contributed by atoms with Crippen molar-refractivity contribution in [1.82, 2.24) is 15.0 Å². The quantitative estimate of drug-likeness (QED) is 0.753. The van der Waals surface area contributed by atoms with Gasteiger partial charge in [0.1, 0.15) is 5.75 Å². The van der Waals surface area contributed by atoms with E-state index < -0.39 is 0 Å². The molecule has 1 aromatic carbocycles. The Balaban J connectivity index is 1.42. The van der Waals surface area contributed by atoms with Gasteiger partial charge < -0.3 is 14.2 Å². The van der Waals surface area contributed by atoms with Gasteiger partial charge in [-0.25, -0.2) is 0 Å². The highest BCUT2D eigenvalue weighted by molar-refractivity contribution is 5.76. The largest absolute Gasteiger partial charge is 0.494 e. The number of nitrogens with zero attached hydrogens (tertiary/aromatic N) is 3. The molecule has 0 spiro atoms. The molecule has 1 aromatic heterocycles. The Morgan fingerprint density at radius 2 is 2.12 bits per heavy atom. The van der Waals surface area contributed by atoms with E-state index in [9.17, 15) is 4.79 Å². The van der Waals surface area contributed by atoms with Gasteiger partial charge in [0.05, 0.1) is 6.61 Å². The fourth-order valence-electron chi connectivity index (χ4n) is 3.10. The zero-order valence-corrected chi connectivity index (χ0v) is 14.9. The standard InChI is InChI=1S/C19H25N3O3/c1-14-7-9-17(10-8-14)24-12-4-6-18(23)22-11-3-5-16(13-22)19-20-15(2)25-21-19/h7-10,16H,3-6,11-13H2,1-2H3/t16-/m1/s1. The second-order valence-electron chi connectivity index (χ2n) is 6.62. The number of amides is 1. The lowest BCUT2D eigenvalue weighted by atomic mass is 9.97. The SMILES string of the molecule is Cc1ccc(OCCCC(=O)N2CCC[C@@H](c3noc(C)n3)C2)cc1. The van der Waals surface area contributed by atoms with Crippen LogP contribution in [0.25, 0.3) is 0 Å². The Kier molecular flexibility index (Phi) is 5.68. The molecule has 6 heteroatoms. The summed E-state index contributed by atoms with van der Waals surface area (Å²) in [4.78, 5) is 18.7. The van der Waals surface area contributed by atoms with Crippen molar-refractivity contribution in [2.75, 3.05) is 19.7 Å². The van der Waals surface area contributed by atoms with Crippen molar-refractivity contribution >= 4 is 5.91 Å². The van der Waals surface area contributed by atoms with Gasteiger partial charge in [0, 0.05) is 32.4 Å². The Morgan fingerprint density at radius 1 is 1.32 bits per heavy atom. The number of piperidine rings is 1. The van der Waals surface area contributed by atoms with E-state index in [2.05, 4.69) is 10.1 Å². The van der Waals surface area contributed by atoms with Gasteiger partial charge in [-0.1, -0.05) is 22.9 Å². The van der Waals surface area contributed by atoms with Crippen LogP contribution in [0.15, 0.2) is 28.8 Å². The Hall–Kier alpha value is -2.37. The molecular weight excluding hydrogens is 318 g/mol. The van der Waals surface area contributed by atoms with Crippen LogP contribution in [-0.2, 0) is 4.79 Å². The first-order chi connectivity index (χ1) is 12.1. The first kappa shape index (κ1) is 17.5. The molecule has 1 saturated heterocycles. The molecule has 2 heterocycles. The first-order valence-electron chi connectivity index (χ1n) is 8.89.